The maximum Gasteiger partial charge on any atom is 0.308 e. The number of hydrogen-bond acceptors (Lipinski definition) is 6. The summed E-state index contributed by atoms with van der Waals surface area (Å²) in [6.07, 6.45) is 0.272. The van der Waals surface area contributed by atoms with Crippen LogP contribution >= 0.6 is 0 Å². The Balaban J connectivity index is 2.51. The molecule has 0 aromatic heterocycles. The number of rotatable bonds is 7. The normalized spacial score (nSPS) is 10.2. The Hall–Kier alpha value is -2.86. The lowest BCUT2D eigenvalue weighted by Crippen LogP contribution is -2.10. The van der Waals surface area contributed by atoms with Crippen LogP contribution in [0.15, 0.2) is 36.4 Å². The molecule has 2 rings (SSSR count). The van der Waals surface area contributed by atoms with Crippen molar-refractivity contribution in [2.24, 2.45) is 0 Å². The van der Waals surface area contributed by atoms with Crippen LogP contribution in [0.2, 0.25) is 0 Å². The van der Waals surface area contributed by atoms with Crippen molar-refractivity contribution in [1.29, 1.82) is 0 Å². The fourth-order valence-corrected chi connectivity index (χ4v) is 2.43. The van der Waals surface area contributed by atoms with E-state index < -0.39 is 5.97 Å². The number of aliphatic hydroxyl groups excluding tert-OH is 1. The minimum atomic E-state index is -0.518. The van der Waals surface area contributed by atoms with Crippen LogP contribution in [0.5, 0.6) is 17.2 Å². The molecule has 132 valence electrons. The van der Waals surface area contributed by atoms with Gasteiger partial charge in [-0.05, 0) is 48.4 Å². The summed E-state index contributed by atoms with van der Waals surface area (Å²) in [5.41, 5.74) is 1.41. The van der Waals surface area contributed by atoms with Gasteiger partial charge in [0.25, 0.3) is 0 Å². The standard InChI is InChI=1S/C19H20O6/c1-12(21)25-18-11-16(14(8-9-20)10-17(18)24-3)19(22)13-4-6-15(23-2)7-5-13/h4-7,10-11,20H,8-9H2,1-3H3. The highest BCUT2D eigenvalue weighted by molar-refractivity contribution is 6.10. The Bertz CT molecular complexity index is 764. The van der Waals surface area contributed by atoms with Gasteiger partial charge in [0.1, 0.15) is 5.75 Å². The summed E-state index contributed by atoms with van der Waals surface area (Å²) < 4.78 is 15.4. The molecule has 0 spiro atoms. The highest BCUT2D eigenvalue weighted by Crippen LogP contribution is 2.32. The van der Waals surface area contributed by atoms with Crippen molar-refractivity contribution in [1.82, 2.24) is 0 Å². The van der Waals surface area contributed by atoms with Crippen LogP contribution in [0.25, 0.3) is 0 Å². The molecule has 0 unspecified atom stereocenters. The second kappa shape index (κ2) is 8.30. The Morgan fingerprint density at radius 2 is 1.68 bits per heavy atom. The quantitative estimate of drug-likeness (QED) is 0.472. The van der Waals surface area contributed by atoms with Gasteiger partial charge in [-0.15, -0.1) is 0 Å². The van der Waals surface area contributed by atoms with Gasteiger partial charge in [0.2, 0.25) is 0 Å². The van der Waals surface area contributed by atoms with Crippen molar-refractivity contribution in [2.45, 2.75) is 13.3 Å². The Labute approximate surface area is 146 Å². The predicted molar refractivity (Wildman–Crippen MR) is 91.5 cm³/mol. The van der Waals surface area contributed by atoms with Crippen molar-refractivity contribution in [3.8, 4) is 17.2 Å². The molecule has 6 nitrogen and oxygen atoms in total. The van der Waals surface area contributed by atoms with E-state index in [0.717, 1.165) is 0 Å². The highest BCUT2D eigenvalue weighted by atomic mass is 16.6. The van der Waals surface area contributed by atoms with Crippen molar-refractivity contribution in [3.63, 3.8) is 0 Å². The monoisotopic (exact) mass is 344 g/mol. The molecular formula is C19H20O6. The molecule has 0 radical (unpaired) electrons. The minimum absolute atomic E-state index is 0.126. The maximum absolute atomic E-state index is 12.9. The van der Waals surface area contributed by atoms with E-state index in [0.29, 0.717) is 28.2 Å². The van der Waals surface area contributed by atoms with E-state index in [-0.39, 0.29) is 24.6 Å². The number of ether oxygens (including phenoxy) is 3. The average Bonchev–Trinajstić information content (AvgIpc) is 2.61. The molecule has 2 aromatic carbocycles. The third-order valence-corrected chi connectivity index (χ3v) is 3.62. The van der Waals surface area contributed by atoms with Gasteiger partial charge >= 0.3 is 5.97 Å². The third kappa shape index (κ3) is 4.36. The number of carbonyl (C=O) groups excluding carboxylic acids is 2. The zero-order valence-electron chi connectivity index (χ0n) is 14.4. The summed E-state index contributed by atoms with van der Waals surface area (Å²) in [5.74, 6) is 0.360. The highest BCUT2D eigenvalue weighted by Gasteiger charge is 2.19. The first-order valence-electron chi connectivity index (χ1n) is 7.69. The summed E-state index contributed by atoms with van der Waals surface area (Å²) >= 11 is 0. The largest absolute Gasteiger partial charge is 0.497 e. The molecule has 0 heterocycles. The fraction of sp³-hybridized carbons (Fsp3) is 0.263. The second-order valence-corrected chi connectivity index (χ2v) is 5.29. The molecule has 0 atom stereocenters. The van der Waals surface area contributed by atoms with Gasteiger partial charge < -0.3 is 19.3 Å². The van der Waals surface area contributed by atoms with E-state index in [1.54, 1.807) is 37.4 Å². The van der Waals surface area contributed by atoms with Gasteiger partial charge in [0, 0.05) is 24.7 Å². The van der Waals surface area contributed by atoms with Crippen molar-refractivity contribution in [2.75, 3.05) is 20.8 Å². The summed E-state index contributed by atoms with van der Waals surface area (Å²) in [6.45, 7) is 1.14. The SMILES string of the molecule is COc1ccc(C(=O)c2cc(OC(C)=O)c(OC)cc2CCO)cc1. The van der Waals surface area contributed by atoms with Gasteiger partial charge in [0.05, 0.1) is 14.2 Å². The predicted octanol–water partition coefficient (Wildman–Crippen LogP) is 2.39. The number of hydrogen-bond donors (Lipinski definition) is 1. The first-order valence-corrected chi connectivity index (χ1v) is 7.69. The number of carbonyl (C=O) groups is 2. The lowest BCUT2D eigenvalue weighted by atomic mass is 9.96. The van der Waals surface area contributed by atoms with Crippen LogP contribution in [0.1, 0.15) is 28.4 Å². The molecule has 0 aliphatic heterocycles. The van der Waals surface area contributed by atoms with E-state index in [2.05, 4.69) is 0 Å². The second-order valence-electron chi connectivity index (χ2n) is 5.29. The average molecular weight is 344 g/mol. The number of ketones is 1. The molecule has 25 heavy (non-hydrogen) atoms. The van der Waals surface area contributed by atoms with E-state index in [4.69, 9.17) is 14.2 Å². The first kappa shape index (κ1) is 18.5. The van der Waals surface area contributed by atoms with Crippen molar-refractivity contribution >= 4 is 11.8 Å². The molecule has 6 heteroatoms. The van der Waals surface area contributed by atoms with Crippen LogP contribution in [-0.4, -0.2) is 37.7 Å². The molecule has 0 saturated heterocycles. The van der Waals surface area contributed by atoms with Gasteiger partial charge in [-0.25, -0.2) is 0 Å². The van der Waals surface area contributed by atoms with E-state index >= 15 is 0 Å². The van der Waals surface area contributed by atoms with Crippen LogP contribution in [0.4, 0.5) is 0 Å². The van der Waals surface area contributed by atoms with Crippen LogP contribution in [0, 0.1) is 0 Å². The van der Waals surface area contributed by atoms with Gasteiger partial charge in [0.15, 0.2) is 17.3 Å². The van der Waals surface area contributed by atoms with E-state index in [1.165, 1.54) is 20.1 Å². The Kier molecular flexibility index (Phi) is 6.14. The fourth-order valence-electron chi connectivity index (χ4n) is 2.43. The number of benzene rings is 2. The molecule has 2 aromatic rings. The molecule has 0 amide bonds. The molecule has 0 aliphatic rings. The van der Waals surface area contributed by atoms with E-state index in [1.807, 2.05) is 0 Å². The molecule has 0 fully saturated rings. The summed E-state index contributed by atoms with van der Waals surface area (Å²) in [4.78, 5) is 24.2. The summed E-state index contributed by atoms with van der Waals surface area (Å²) in [5, 5.41) is 9.29. The smallest absolute Gasteiger partial charge is 0.308 e. The van der Waals surface area contributed by atoms with Crippen molar-refractivity contribution < 1.29 is 28.9 Å². The number of methoxy groups -OCH3 is 2. The third-order valence-electron chi connectivity index (χ3n) is 3.62. The molecule has 1 N–H and O–H groups in total. The van der Waals surface area contributed by atoms with Crippen molar-refractivity contribution in [3.05, 3.63) is 53.1 Å². The Morgan fingerprint density at radius 1 is 1.00 bits per heavy atom. The van der Waals surface area contributed by atoms with Crippen LogP contribution in [-0.2, 0) is 11.2 Å². The molecule has 0 saturated carbocycles. The minimum Gasteiger partial charge on any atom is -0.497 e. The summed E-state index contributed by atoms with van der Waals surface area (Å²) in [6, 6.07) is 9.76. The molecule has 0 aliphatic carbocycles. The van der Waals surface area contributed by atoms with Crippen LogP contribution < -0.4 is 14.2 Å². The van der Waals surface area contributed by atoms with E-state index in [9.17, 15) is 14.7 Å². The molecule has 0 bridgehead atoms. The van der Waals surface area contributed by atoms with Crippen LogP contribution in [0.3, 0.4) is 0 Å². The van der Waals surface area contributed by atoms with Gasteiger partial charge in [-0.3, -0.25) is 9.59 Å². The topological polar surface area (TPSA) is 82.1 Å². The lowest BCUT2D eigenvalue weighted by molar-refractivity contribution is -0.132. The van der Waals surface area contributed by atoms with Gasteiger partial charge in [-0.2, -0.15) is 0 Å². The zero-order valence-corrected chi connectivity index (χ0v) is 14.4. The summed E-state index contributed by atoms with van der Waals surface area (Å²) in [7, 11) is 2.99. The van der Waals surface area contributed by atoms with Gasteiger partial charge in [-0.1, -0.05) is 0 Å². The number of aliphatic hydroxyl groups is 1. The first-order chi connectivity index (χ1) is 12.0. The Morgan fingerprint density at radius 3 is 2.20 bits per heavy atom. The maximum atomic E-state index is 12.9. The lowest BCUT2D eigenvalue weighted by Gasteiger charge is -2.14. The zero-order chi connectivity index (χ0) is 18.4. The molecular weight excluding hydrogens is 324 g/mol. The number of esters is 1.